The molecule has 12 heavy (non-hydrogen) atoms. The number of hydrogen-bond acceptors (Lipinski definition) is 2. The van der Waals surface area contributed by atoms with Crippen LogP contribution in [0.25, 0.3) is 0 Å². The lowest BCUT2D eigenvalue weighted by molar-refractivity contribution is -0.130. The molecule has 1 aromatic heterocycles. The van der Waals surface area contributed by atoms with Crippen molar-refractivity contribution in [3.63, 3.8) is 0 Å². The predicted molar refractivity (Wildman–Crippen MR) is 38.0 cm³/mol. The highest BCUT2D eigenvalue weighted by atomic mass is 19.3. The maximum absolute atomic E-state index is 11.8. The normalized spacial score (nSPS) is 10.7. The maximum Gasteiger partial charge on any atom is 0.297 e. The van der Waals surface area contributed by atoms with E-state index in [9.17, 15) is 13.6 Å². The number of imidazole rings is 1. The lowest BCUT2D eigenvalue weighted by atomic mass is 10.4. The van der Waals surface area contributed by atoms with Crippen molar-refractivity contribution in [2.75, 3.05) is 0 Å². The SMILES string of the molecule is Cc1nccn1CC(=O)C(F)F. The van der Waals surface area contributed by atoms with Gasteiger partial charge in [-0.2, -0.15) is 0 Å². The van der Waals surface area contributed by atoms with Crippen molar-refractivity contribution in [2.24, 2.45) is 0 Å². The zero-order valence-electron chi connectivity index (χ0n) is 6.50. The molecule has 0 saturated carbocycles. The average Bonchev–Trinajstić information content (AvgIpc) is 2.36. The van der Waals surface area contributed by atoms with Crippen LogP contribution >= 0.6 is 0 Å². The molecule has 0 aliphatic carbocycles. The third-order valence-electron chi connectivity index (χ3n) is 1.49. The minimum absolute atomic E-state index is 0.302. The molecule has 1 heterocycles. The summed E-state index contributed by atoms with van der Waals surface area (Å²) in [5.74, 6) is -0.528. The highest BCUT2D eigenvalue weighted by Gasteiger charge is 2.15. The summed E-state index contributed by atoms with van der Waals surface area (Å²) in [7, 11) is 0. The van der Waals surface area contributed by atoms with Crippen LogP contribution < -0.4 is 0 Å². The fourth-order valence-corrected chi connectivity index (χ4v) is 0.808. The van der Waals surface area contributed by atoms with Crippen LogP contribution in [0.2, 0.25) is 0 Å². The largest absolute Gasteiger partial charge is 0.328 e. The minimum atomic E-state index is -2.90. The second-order valence-electron chi connectivity index (χ2n) is 2.37. The predicted octanol–water partition coefficient (Wildman–Crippen LogP) is 1.03. The molecule has 0 saturated heterocycles. The molecule has 0 amide bonds. The molecule has 0 spiro atoms. The topological polar surface area (TPSA) is 34.9 Å². The monoisotopic (exact) mass is 174 g/mol. The smallest absolute Gasteiger partial charge is 0.297 e. The van der Waals surface area contributed by atoms with E-state index in [2.05, 4.69) is 4.98 Å². The van der Waals surface area contributed by atoms with Gasteiger partial charge in [0.05, 0.1) is 6.54 Å². The van der Waals surface area contributed by atoms with Crippen molar-refractivity contribution in [3.05, 3.63) is 18.2 Å². The first-order valence-corrected chi connectivity index (χ1v) is 3.40. The number of Topliss-reactive ketones (excluding diaryl/α,β-unsaturated/α-hetero) is 1. The summed E-state index contributed by atoms with van der Waals surface area (Å²) in [5.41, 5.74) is 0. The van der Waals surface area contributed by atoms with E-state index in [1.807, 2.05) is 0 Å². The number of carbonyl (C=O) groups is 1. The van der Waals surface area contributed by atoms with Crippen LogP contribution in [0.15, 0.2) is 12.4 Å². The highest BCUT2D eigenvalue weighted by molar-refractivity contribution is 5.81. The van der Waals surface area contributed by atoms with Gasteiger partial charge in [-0.05, 0) is 6.92 Å². The van der Waals surface area contributed by atoms with Gasteiger partial charge in [0.2, 0.25) is 5.78 Å². The third kappa shape index (κ3) is 1.87. The average molecular weight is 174 g/mol. The molecule has 0 radical (unpaired) electrons. The number of halogens is 2. The van der Waals surface area contributed by atoms with E-state index >= 15 is 0 Å². The van der Waals surface area contributed by atoms with Crippen LogP contribution in [0.4, 0.5) is 8.78 Å². The number of hydrogen-bond donors (Lipinski definition) is 0. The van der Waals surface area contributed by atoms with E-state index in [-0.39, 0.29) is 6.54 Å². The molecule has 0 fully saturated rings. The van der Waals surface area contributed by atoms with Gasteiger partial charge >= 0.3 is 0 Å². The summed E-state index contributed by atoms with van der Waals surface area (Å²) in [6.45, 7) is 1.35. The summed E-state index contributed by atoms with van der Waals surface area (Å²) >= 11 is 0. The third-order valence-corrected chi connectivity index (χ3v) is 1.49. The Morgan fingerprint density at radius 1 is 1.75 bits per heavy atom. The van der Waals surface area contributed by atoms with E-state index in [0.29, 0.717) is 5.82 Å². The molecule has 0 aromatic carbocycles. The van der Waals surface area contributed by atoms with E-state index in [0.717, 1.165) is 0 Å². The highest BCUT2D eigenvalue weighted by Crippen LogP contribution is 2.00. The van der Waals surface area contributed by atoms with E-state index in [1.165, 1.54) is 17.0 Å². The number of aromatic nitrogens is 2. The number of rotatable bonds is 3. The first-order valence-electron chi connectivity index (χ1n) is 3.40. The van der Waals surface area contributed by atoms with Crippen LogP contribution in [0.5, 0.6) is 0 Å². The van der Waals surface area contributed by atoms with Crippen molar-refractivity contribution < 1.29 is 13.6 Å². The first kappa shape index (κ1) is 8.83. The molecular weight excluding hydrogens is 166 g/mol. The van der Waals surface area contributed by atoms with Gasteiger partial charge in [-0.3, -0.25) is 4.79 Å². The van der Waals surface area contributed by atoms with E-state index in [1.54, 1.807) is 6.92 Å². The Bertz CT molecular complexity index is 283. The van der Waals surface area contributed by atoms with Crippen molar-refractivity contribution in [1.82, 2.24) is 9.55 Å². The molecular formula is C7H8F2N2O. The Labute approximate surface area is 68.0 Å². The quantitative estimate of drug-likeness (QED) is 0.685. The Morgan fingerprint density at radius 2 is 2.42 bits per heavy atom. The summed E-state index contributed by atoms with van der Waals surface area (Å²) in [5, 5.41) is 0. The van der Waals surface area contributed by atoms with Crippen LogP contribution in [-0.4, -0.2) is 21.8 Å². The number of aryl methyl sites for hydroxylation is 1. The van der Waals surface area contributed by atoms with Crippen LogP contribution in [0.1, 0.15) is 5.82 Å². The van der Waals surface area contributed by atoms with Crippen LogP contribution in [-0.2, 0) is 11.3 Å². The van der Waals surface area contributed by atoms with E-state index in [4.69, 9.17) is 0 Å². The Kier molecular flexibility index (Phi) is 2.52. The van der Waals surface area contributed by atoms with Gasteiger partial charge < -0.3 is 4.57 Å². The Morgan fingerprint density at radius 3 is 2.83 bits per heavy atom. The second-order valence-corrected chi connectivity index (χ2v) is 2.37. The fourth-order valence-electron chi connectivity index (χ4n) is 0.808. The van der Waals surface area contributed by atoms with Crippen LogP contribution in [0, 0.1) is 6.92 Å². The van der Waals surface area contributed by atoms with Crippen molar-refractivity contribution in [3.8, 4) is 0 Å². The van der Waals surface area contributed by atoms with Crippen LogP contribution in [0.3, 0.4) is 0 Å². The van der Waals surface area contributed by atoms with Crippen molar-refractivity contribution in [2.45, 2.75) is 19.9 Å². The molecule has 0 unspecified atom stereocenters. The molecule has 0 aliphatic rings. The molecule has 5 heteroatoms. The molecule has 3 nitrogen and oxygen atoms in total. The number of nitrogens with zero attached hydrogens (tertiary/aromatic N) is 2. The lowest BCUT2D eigenvalue weighted by Gasteiger charge is -2.02. The molecule has 0 N–H and O–H groups in total. The zero-order valence-corrected chi connectivity index (χ0v) is 6.50. The van der Waals surface area contributed by atoms with Crippen molar-refractivity contribution in [1.29, 1.82) is 0 Å². The minimum Gasteiger partial charge on any atom is -0.328 e. The molecule has 0 atom stereocenters. The number of ketones is 1. The van der Waals surface area contributed by atoms with Gasteiger partial charge in [0.25, 0.3) is 6.43 Å². The number of carbonyl (C=O) groups excluding carboxylic acids is 1. The summed E-state index contributed by atoms with van der Waals surface area (Å²) in [6.07, 6.45) is 0.0655. The molecule has 66 valence electrons. The van der Waals surface area contributed by atoms with Gasteiger partial charge in [0.1, 0.15) is 5.82 Å². The first-order chi connectivity index (χ1) is 5.61. The van der Waals surface area contributed by atoms with E-state index < -0.39 is 12.2 Å². The summed E-state index contributed by atoms with van der Waals surface area (Å²) < 4.78 is 24.9. The zero-order chi connectivity index (χ0) is 9.14. The molecule has 1 aromatic rings. The second kappa shape index (κ2) is 3.42. The Balaban J connectivity index is 2.64. The molecule has 1 rings (SSSR count). The number of alkyl halides is 2. The molecule has 0 aliphatic heterocycles. The fraction of sp³-hybridized carbons (Fsp3) is 0.429. The maximum atomic E-state index is 11.8. The van der Waals surface area contributed by atoms with Gasteiger partial charge in [-0.15, -0.1) is 0 Å². The van der Waals surface area contributed by atoms with Gasteiger partial charge in [-0.1, -0.05) is 0 Å². The van der Waals surface area contributed by atoms with Gasteiger partial charge in [0.15, 0.2) is 0 Å². The lowest BCUT2D eigenvalue weighted by Crippen LogP contribution is -2.17. The summed E-state index contributed by atoms with van der Waals surface area (Å²) in [6, 6.07) is 0. The standard InChI is InChI=1S/C7H8F2N2O/c1-5-10-2-3-11(5)4-6(12)7(8)9/h2-3,7H,4H2,1H3. The molecule has 0 bridgehead atoms. The van der Waals surface area contributed by atoms with Gasteiger partial charge in [-0.25, -0.2) is 13.8 Å². The van der Waals surface area contributed by atoms with Crippen molar-refractivity contribution >= 4 is 5.78 Å². The van der Waals surface area contributed by atoms with Gasteiger partial charge in [0, 0.05) is 12.4 Å². The summed E-state index contributed by atoms with van der Waals surface area (Å²) in [4.78, 5) is 14.4. The Hall–Kier alpha value is -1.26.